The number of hydrogen-bond acceptors (Lipinski definition) is 10. The highest BCUT2D eigenvalue weighted by Crippen LogP contribution is 2.50. The first-order chi connectivity index (χ1) is 19.7. The zero-order valence-corrected chi connectivity index (χ0v) is 21.2. The maximum atomic E-state index is 13.3. The summed E-state index contributed by atoms with van der Waals surface area (Å²) in [5, 5.41) is 51.7. The van der Waals surface area contributed by atoms with Gasteiger partial charge in [-0.25, -0.2) is 0 Å². The number of hydrogen-bond donors (Lipinski definition) is 5. The van der Waals surface area contributed by atoms with Crippen LogP contribution in [0.4, 0.5) is 0 Å². The van der Waals surface area contributed by atoms with Gasteiger partial charge in [-0.15, -0.1) is 0 Å². The summed E-state index contributed by atoms with van der Waals surface area (Å²) >= 11 is 0. The Kier molecular flexibility index (Phi) is 5.81. The van der Waals surface area contributed by atoms with Crippen molar-refractivity contribution in [1.82, 2.24) is 0 Å². The molecule has 0 aliphatic rings. The van der Waals surface area contributed by atoms with Crippen molar-refractivity contribution in [3.05, 3.63) is 93.2 Å². The average molecular weight is 552 g/mol. The molecule has 0 radical (unpaired) electrons. The van der Waals surface area contributed by atoms with Crippen LogP contribution in [0.25, 0.3) is 55.7 Å². The molecule has 4 aromatic carbocycles. The molecule has 0 saturated heterocycles. The molecular formula is C31H20O10. The highest BCUT2D eigenvalue weighted by molar-refractivity contribution is 6.06. The van der Waals surface area contributed by atoms with Crippen molar-refractivity contribution >= 4 is 21.9 Å². The van der Waals surface area contributed by atoms with E-state index in [4.69, 9.17) is 13.6 Å². The molecule has 10 heteroatoms. The molecule has 204 valence electrons. The fourth-order valence-corrected chi connectivity index (χ4v) is 4.76. The third-order valence-corrected chi connectivity index (χ3v) is 6.69. The van der Waals surface area contributed by atoms with Crippen LogP contribution in [-0.2, 0) is 0 Å². The predicted octanol–water partition coefficient (Wildman–Crippen LogP) is 5.44. The van der Waals surface area contributed by atoms with E-state index in [1.807, 2.05) is 0 Å². The molecule has 0 unspecified atom stereocenters. The standard InChI is InChI=1S/C31H20O10/c1-39-24-13-25-27(21(37)12-22(40-25)14-2-6-16(32)7-3-14)30(38)29(24)28-19(35)10-18(34)26-20(36)11-23(41-31(26)28)15-4-8-17(33)9-5-15/h2-13,32-35,38H,1H3. The van der Waals surface area contributed by atoms with Crippen molar-refractivity contribution in [3.8, 4) is 68.3 Å². The number of fused-ring (bicyclic) bond motifs is 2. The Morgan fingerprint density at radius 3 is 1.71 bits per heavy atom. The van der Waals surface area contributed by atoms with Gasteiger partial charge in [0.05, 0.1) is 18.2 Å². The number of aromatic hydroxyl groups is 5. The summed E-state index contributed by atoms with van der Waals surface area (Å²) in [6.45, 7) is 0. The number of rotatable bonds is 4. The van der Waals surface area contributed by atoms with Crippen LogP contribution in [0.1, 0.15) is 0 Å². The van der Waals surface area contributed by atoms with Crippen LogP contribution in [0.3, 0.4) is 0 Å². The Morgan fingerprint density at radius 1 is 0.610 bits per heavy atom. The van der Waals surface area contributed by atoms with E-state index >= 15 is 0 Å². The Balaban J connectivity index is 1.67. The monoisotopic (exact) mass is 552 g/mol. The maximum Gasteiger partial charge on any atom is 0.197 e. The average Bonchev–Trinajstić information content (AvgIpc) is 2.93. The van der Waals surface area contributed by atoms with Crippen molar-refractivity contribution in [2.24, 2.45) is 0 Å². The van der Waals surface area contributed by atoms with Gasteiger partial charge in [-0.1, -0.05) is 0 Å². The number of phenols is 5. The number of methoxy groups -OCH3 is 1. The van der Waals surface area contributed by atoms with Gasteiger partial charge in [-0.2, -0.15) is 0 Å². The summed E-state index contributed by atoms with van der Waals surface area (Å²) in [6, 6.07) is 16.4. The molecule has 10 nitrogen and oxygen atoms in total. The quantitative estimate of drug-likeness (QED) is 0.190. The minimum Gasteiger partial charge on any atom is -0.508 e. The van der Waals surface area contributed by atoms with Crippen LogP contribution in [-0.4, -0.2) is 32.6 Å². The van der Waals surface area contributed by atoms with Crippen molar-refractivity contribution in [2.45, 2.75) is 0 Å². The van der Waals surface area contributed by atoms with Gasteiger partial charge in [0.25, 0.3) is 0 Å². The van der Waals surface area contributed by atoms with Gasteiger partial charge < -0.3 is 39.1 Å². The smallest absolute Gasteiger partial charge is 0.197 e. The van der Waals surface area contributed by atoms with Crippen LogP contribution < -0.4 is 15.6 Å². The van der Waals surface area contributed by atoms with Crippen molar-refractivity contribution in [3.63, 3.8) is 0 Å². The van der Waals surface area contributed by atoms with Crippen LogP contribution in [0.2, 0.25) is 0 Å². The molecule has 0 aliphatic carbocycles. The largest absolute Gasteiger partial charge is 0.508 e. The predicted molar refractivity (Wildman–Crippen MR) is 150 cm³/mol. The second-order valence-electron chi connectivity index (χ2n) is 9.21. The summed E-state index contributed by atoms with van der Waals surface area (Å²) in [6.07, 6.45) is 0. The lowest BCUT2D eigenvalue weighted by molar-refractivity contribution is 0.409. The second-order valence-corrected chi connectivity index (χ2v) is 9.21. The molecule has 0 spiro atoms. The highest BCUT2D eigenvalue weighted by atomic mass is 16.5. The minimum absolute atomic E-state index is 0.00825. The number of benzene rings is 4. The molecule has 0 bridgehead atoms. The van der Waals surface area contributed by atoms with E-state index in [0.29, 0.717) is 11.1 Å². The third-order valence-electron chi connectivity index (χ3n) is 6.69. The Labute approximate surface area is 229 Å². The lowest BCUT2D eigenvalue weighted by Gasteiger charge is -2.16. The topological polar surface area (TPSA) is 171 Å². The molecule has 0 saturated carbocycles. The van der Waals surface area contributed by atoms with Crippen LogP contribution in [0.5, 0.6) is 34.5 Å². The van der Waals surface area contributed by atoms with Gasteiger partial charge in [0.15, 0.2) is 16.4 Å². The van der Waals surface area contributed by atoms with Gasteiger partial charge in [-0.05, 0) is 48.5 Å². The first kappa shape index (κ1) is 25.4. The first-order valence-corrected chi connectivity index (χ1v) is 12.2. The molecule has 6 rings (SSSR count). The molecule has 0 fully saturated rings. The Hall–Kier alpha value is -5.90. The molecule has 41 heavy (non-hydrogen) atoms. The fraction of sp³-hybridized carbons (Fsp3) is 0.0323. The van der Waals surface area contributed by atoms with E-state index in [2.05, 4.69) is 0 Å². The lowest BCUT2D eigenvalue weighted by Crippen LogP contribution is -2.04. The number of ether oxygens (including phenoxy) is 1. The van der Waals surface area contributed by atoms with Crippen LogP contribution in [0, 0.1) is 0 Å². The second kappa shape index (κ2) is 9.38. The number of phenolic OH excluding ortho intramolecular Hbond substituents is 5. The van der Waals surface area contributed by atoms with Gasteiger partial charge in [0.1, 0.15) is 62.4 Å². The molecule has 0 aliphatic heterocycles. The zero-order valence-electron chi connectivity index (χ0n) is 21.2. The molecule has 2 aromatic heterocycles. The van der Waals surface area contributed by atoms with Crippen molar-refractivity contribution in [1.29, 1.82) is 0 Å². The van der Waals surface area contributed by atoms with E-state index in [9.17, 15) is 35.1 Å². The Morgan fingerprint density at radius 2 is 1.15 bits per heavy atom. The first-order valence-electron chi connectivity index (χ1n) is 12.2. The summed E-state index contributed by atoms with van der Waals surface area (Å²) in [5.41, 5.74) is -1.08. The molecular weight excluding hydrogens is 532 g/mol. The fourth-order valence-electron chi connectivity index (χ4n) is 4.76. The molecule has 0 amide bonds. The van der Waals surface area contributed by atoms with Gasteiger partial charge >= 0.3 is 0 Å². The van der Waals surface area contributed by atoms with E-state index in [1.165, 1.54) is 55.6 Å². The minimum atomic E-state index is -0.648. The van der Waals surface area contributed by atoms with E-state index in [-0.39, 0.29) is 61.8 Å². The van der Waals surface area contributed by atoms with Crippen LogP contribution in [0.15, 0.2) is 91.2 Å². The Bertz CT molecular complexity index is 2100. The highest BCUT2D eigenvalue weighted by Gasteiger charge is 2.27. The summed E-state index contributed by atoms with van der Waals surface area (Å²) < 4.78 is 17.4. The molecule has 5 N–H and O–H groups in total. The van der Waals surface area contributed by atoms with E-state index in [0.717, 1.165) is 12.1 Å². The SMILES string of the molecule is COc1cc2oc(-c3ccc(O)cc3)cc(=O)c2c(O)c1-c1c(O)cc(O)c2c(=O)cc(-c3ccc(O)cc3)oc12. The molecule has 2 heterocycles. The van der Waals surface area contributed by atoms with Gasteiger partial charge in [-0.3, -0.25) is 9.59 Å². The zero-order chi connectivity index (χ0) is 29.0. The summed E-state index contributed by atoms with van der Waals surface area (Å²) in [4.78, 5) is 26.4. The maximum absolute atomic E-state index is 13.3. The molecule has 6 aromatic rings. The lowest BCUT2D eigenvalue weighted by atomic mass is 9.96. The summed E-state index contributed by atoms with van der Waals surface area (Å²) in [5.74, 6) is -1.56. The van der Waals surface area contributed by atoms with Crippen molar-refractivity contribution < 1.29 is 39.1 Å². The van der Waals surface area contributed by atoms with E-state index < -0.39 is 28.1 Å². The van der Waals surface area contributed by atoms with Gasteiger partial charge in [0, 0.05) is 35.4 Å². The van der Waals surface area contributed by atoms with Crippen LogP contribution >= 0.6 is 0 Å². The summed E-state index contributed by atoms with van der Waals surface area (Å²) in [7, 11) is 1.30. The van der Waals surface area contributed by atoms with Gasteiger partial charge in [0.2, 0.25) is 0 Å². The molecule has 0 atom stereocenters. The van der Waals surface area contributed by atoms with Crippen molar-refractivity contribution in [2.75, 3.05) is 7.11 Å². The van der Waals surface area contributed by atoms with E-state index in [1.54, 1.807) is 12.1 Å². The normalized spacial score (nSPS) is 11.2. The third kappa shape index (κ3) is 4.14.